The molecule has 0 amide bonds. The number of ether oxygens (including phenoxy) is 1. The monoisotopic (exact) mass is 355 g/mol. The molecule has 0 aliphatic carbocycles. The van der Waals surface area contributed by atoms with Crippen LogP contribution in [0.2, 0.25) is 0 Å². The molecular formula is C17H23F2N3O3. The van der Waals surface area contributed by atoms with Crippen LogP contribution < -0.4 is 4.90 Å². The highest BCUT2D eigenvalue weighted by Gasteiger charge is 2.36. The molecule has 0 saturated carbocycles. The molecule has 2 aliphatic rings. The maximum absolute atomic E-state index is 14.6. The summed E-state index contributed by atoms with van der Waals surface area (Å²) in [7, 11) is 0. The van der Waals surface area contributed by atoms with Gasteiger partial charge >= 0.3 is 0 Å². The van der Waals surface area contributed by atoms with Gasteiger partial charge in [-0.3, -0.25) is 15.0 Å². The standard InChI is InChI=1S/C17H23F2N3O3/c18-17(19,13-20-8-10-25-11-9-20)14-4-5-15(16(12-14)22(23)24)21-6-2-1-3-7-21/h4-5,12H,1-3,6-11,13H2. The Hall–Kier alpha value is -1.80. The Bertz CT molecular complexity index is 615. The van der Waals surface area contributed by atoms with Crippen LogP contribution in [0.3, 0.4) is 0 Å². The van der Waals surface area contributed by atoms with Crippen LogP contribution in [-0.4, -0.2) is 55.8 Å². The second kappa shape index (κ2) is 7.61. The minimum atomic E-state index is -3.14. The SMILES string of the molecule is O=[N+]([O-])c1cc(C(F)(F)CN2CCOCC2)ccc1N1CCCCC1. The molecule has 1 aromatic rings. The fraction of sp³-hybridized carbons (Fsp3) is 0.647. The Labute approximate surface area is 145 Å². The van der Waals surface area contributed by atoms with E-state index in [1.165, 1.54) is 12.1 Å². The van der Waals surface area contributed by atoms with Crippen molar-refractivity contribution in [2.75, 3.05) is 50.8 Å². The van der Waals surface area contributed by atoms with Gasteiger partial charge < -0.3 is 9.64 Å². The average Bonchev–Trinajstić information content (AvgIpc) is 2.62. The lowest BCUT2D eigenvalue weighted by atomic mass is 10.0. The number of rotatable bonds is 5. The van der Waals surface area contributed by atoms with Crippen LogP contribution in [0.5, 0.6) is 0 Å². The van der Waals surface area contributed by atoms with Gasteiger partial charge in [-0.05, 0) is 25.3 Å². The molecule has 0 unspecified atom stereocenters. The van der Waals surface area contributed by atoms with E-state index in [9.17, 15) is 18.9 Å². The first kappa shape index (κ1) is 18.0. The van der Waals surface area contributed by atoms with Gasteiger partial charge in [-0.1, -0.05) is 6.07 Å². The van der Waals surface area contributed by atoms with Crippen molar-refractivity contribution in [1.82, 2.24) is 4.90 Å². The third-order valence-electron chi connectivity index (χ3n) is 4.82. The number of nitro groups is 1. The highest BCUT2D eigenvalue weighted by atomic mass is 19.3. The molecule has 0 bridgehead atoms. The molecule has 0 N–H and O–H groups in total. The molecule has 8 heteroatoms. The molecule has 6 nitrogen and oxygen atoms in total. The molecule has 0 atom stereocenters. The first-order valence-corrected chi connectivity index (χ1v) is 8.69. The van der Waals surface area contributed by atoms with Crippen LogP contribution in [0.4, 0.5) is 20.2 Å². The van der Waals surface area contributed by atoms with Crippen molar-refractivity contribution in [1.29, 1.82) is 0 Å². The van der Waals surface area contributed by atoms with Gasteiger partial charge in [-0.2, -0.15) is 8.78 Å². The van der Waals surface area contributed by atoms with E-state index < -0.39 is 17.4 Å². The van der Waals surface area contributed by atoms with E-state index in [-0.39, 0.29) is 11.3 Å². The molecule has 25 heavy (non-hydrogen) atoms. The number of benzene rings is 1. The van der Waals surface area contributed by atoms with Gasteiger partial charge in [0, 0.05) is 37.8 Å². The predicted molar refractivity (Wildman–Crippen MR) is 90.3 cm³/mol. The largest absolute Gasteiger partial charge is 0.379 e. The molecule has 2 heterocycles. The number of piperidine rings is 1. The number of anilines is 1. The Kier molecular flexibility index (Phi) is 5.48. The molecule has 2 fully saturated rings. The van der Waals surface area contributed by atoms with Crippen molar-refractivity contribution in [2.24, 2.45) is 0 Å². The highest BCUT2D eigenvalue weighted by Crippen LogP contribution is 2.37. The number of alkyl halides is 2. The zero-order chi connectivity index (χ0) is 17.9. The molecule has 0 spiro atoms. The van der Waals surface area contributed by atoms with E-state index in [1.54, 1.807) is 4.90 Å². The minimum absolute atomic E-state index is 0.235. The average molecular weight is 355 g/mol. The Morgan fingerprint density at radius 2 is 1.80 bits per heavy atom. The summed E-state index contributed by atoms with van der Waals surface area (Å²) in [5, 5.41) is 11.4. The Morgan fingerprint density at radius 3 is 2.44 bits per heavy atom. The van der Waals surface area contributed by atoms with Gasteiger partial charge in [0.2, 0.25) is 0 Å². The third kappa shape index (κ3) is 4.24. The van der Waals surface area contributed by atoms with E-state index in [0.717, 1.165) is 38.4 Å². The molecule has 3 rings (SSSR count). The molecule has 138 valence electrons. The van der Waals surface area contributed by atoms with Gasteiger partial charge in [0.1, 0.15) is 5.69 Å². The first-order chi connectivity index (χ1) is 12.0. The summed E-state index contributed by atoms with van der Waals surface area (Å²) in [6.07, 6.45) is 3.03. The summed E-state index contributed by atoms with van der Waals surface area (Å²) < 4.78 is 34.5. The summed E-state index contributed by atoms with van der Waals surface area (Å²) >= 11 is 0. The van der Waals surface area contributed by atoms with Crippen molar-refractivity contribution in [3.05, 3.63) is 33.9 Å². The second-order valence-electron chi connectivity index (χ2n) is 6.60. The first-order valence-electron chi connectivity index (χ1n) is 8.69. The molecule has 2 saturated heterocycles. The van der Waals surface area contributed by atoms with Crippen molar-refractivity contribution < 1.29 is 18.4 Å². The third-order valence-corrected chi connectivity index (χ3v) is 4.82. The van der Waals surface area contributed by atoms with Gasteiger partial charge in [0.15, 0.2) is 0 Å². The van der Waals surface area contributed by atoms with Crippen molar-refractivity contribution in [3.63, 3.8) is 0 Å². The quantitative estimate of drug-likeness (QED) is 0.600. The number of halogens is 2. The molecular weight excluding hydrogens is 332 g/mol. The van der Waals surface area contributed by atoms with Crippen molar-refractivity contribution in [2.45, 2.75) is 25.2 Å². The Morgan fingerprint density at radius 1 is 1.12 bits per heavy atom. The number of hydrogen-bond acceptors (Lipinski definition) is 5. The normalized spacial score (nSPS) is 19.8. The van der Waals surface area contributed by atoms with E-state index in [4.69, 9.17) is 4.74 Å². The zero-order valence-corrected chi connectivity index (χ0v) is 14.1. The highest BCUT2D eigenvalue weighted by molar-refractivity contribution is 5.65. The number of morpholine rings is 1. The minimum Gasteiger partial charge on any atom is -0.379 e. The van der Waals surface area contributed by atoms with E-state index in [1.807, 2.05) is 4.90 Å². The number of hydrogen-bond donors (Lipinski definition) is 0. The summed E-state index contributed by atoms with van der Waals surface area (Å²) in [5.41, 5.74) is -0.0943. The molecule has 0 aromatic heterocycles. The van der Waals surface area contributed by atoms with Crippen molar-refractivity contribution >= 4 is 11.4 Å². The summed E-state index contributed by atoms with van der Waals surface area (Å²) in [6, 6.07) is 3.85. The van der Waals surface area contributed by atoms with Crippen LogP contribution >= 0.6 is 0 Å². The molecule has 0 radical (unpaired) electrons. The van der Waals surface area contributed by atoms with Gasteiger partial charge in [0.25, 0.3) is 11.6 Å². The number of nitrogens with zero attached hydrogens (tertiary/aromatic N) is 3. The summed E-state index contributed by atoms with van der Waals surface area (Å²) in [6.45, 7) is 2.77. The lowest BCUT2D eigenvalue weighted by Gasteiger charge is -2.31. The summed E-state index contributed by atoms with van der Waals surface area (Å²) in [5.74, 6) is -3.14. The van der Waals surface area contributed by atoms with Gasteiger partial charge in [-0.15, -0.1) is 0 Å². The van der Waals surface area contributed by atoms with Gasteiger partial charge in [0.05, 0.1) is 24.7 Å². The fourth-order valence-electron chi connectivity index (χ4n) is 3.43. The van der Waals surface area contributed by atoms with Crippen LogP contribution in [0.1, 0.15) is 24.8 Å². The maximum Gasteiger partial charge on any atom is 0.293 e. The second-order valence-corrected chi connectivity index (χ2v) is 6.60. The maximum atomic E-state index is 14.6. The Balaban J connectivity index is 1.83. The summed E-state index contributed by atoms with van der Waals surface area (Å²) in [4.78, 5) is 14.4. The van der Waals surface area contributed by atoms with E-state index >= 15 is 0 Å². The number of nitro benzene ring substituents is 1. The van der Waals surface area contributed by atoms with Crippen LogP contribution in [0, 0.1) is 10.1 Å². The smallest absolute Gasteiger partial charge is 0.293 e. The van der Waals surface area contributed by atoms with Gasteiger partial charge in [-0.25, -0.2) is 0 Å². The van der Waals surface area contributed by atoms with E-state index in [2.05, 4.69) is 0 Å². The molecule has 2 aliphatic heterocycles. The van der Waals surface area contributed by atoms with Crippen molar-refractivity contribution in [3.8, 4) is 0 Å². The lowest BCUT2D eigenvalue weighted by molar-refractivity contribution is -0.384. The zero-order valence-electron chi connectivity index (χ0n) is 14.1. The van der Waals surface area contributed by atoms with Crippen LogP contribution in [0.15, 0.2) is 18.2 Å². The predicted octanol–water partition coefficient (Wildman–Crippen LogP) is 3.01. The molecule has 1 aromatic carbocycles. The fourth-order valence-corrected chi connectivity index (χ4v) is 3.43. The van der Waals surface area contributed by atoms with Crippen LogP contribution in [0.25, 0.3) is 0 Å². The lowest BCUT2D eigenvalue weighted by Crippen LogP contribution is -2.42. The van der Waals surface area contributed by atoms with Crippen LogP contribution in [-0.2, 0) is 10.7 Å². The van der Waals surface area contributed by atoms with E-state index in [0.29, 0.717) is 32.0 Å². The topological polar surface area (TPSA) is 58.9 Å².